The van der Waals surface area contributed by atoms with E-state index in [0.717, 1.165) is 29.6 Å². The minimum Gasteiger partial charge on any atom is -0.348 e. The fraction of sp³-hybridized carbons (Fsp3) is 0.278. The average Bonchev–Trinajstić information content (AvgIpc) is 2.62. The zero-order valence-electron chi connectivity index (χ0n) is 13.8. The lowest BCUT2D eigenvalue weighted by molar-refractivity contribution is 0.0928. The predicted octanol–water partition coefficient (Wildman–Crippen LogP) is 1.01. The fourth-order valence-corrected chi connectivity index (χ4v) is 3.14. The molecule has 1 unspecified atom stereocenters. The summed E-state index contributed by atoms with van der Waals surface area (Å²) in [6.45, 7) is 0. The minimum absolute atomic E-state index is 0.0397. The Labute approximate surface area is 143 Å². The Morgan fingerprint density at radius 2 is 2.08 bits per heavy atom. The normalized spacial score (nSPS) is 16.4. The Morgan fingerprint density at radius 3 is 2.92 bits per heavy atom. The zero-order valence-corrected chi connectivity index (χ0v) is 13.8. The van der Waals surface area contributed by atoms with Crippen molar-refractivity contribution in [1.82, 2.24) is 25.1 Å². The van der Waals surface area contributed by atoms with E-state index in [9.17, 15) is 9.59 Å². The highest BCUT2D eigenvalue weighted by atomic mass is 16.2. The second-order valence-electron chi connectivity index (χ2n) is 6.24. The molecule has 7 nitrogen and oxygen atoms in total. The highest BCUT2D eigenvalue weighted by molar-refractivity contribution is 5.93. The third-order valence-corrected chi connectivity index (χ3v) is 4.47. The van der Waals surface area contributed by atoms with Gasteiger partial charge >= 0.3 is 0 Å². The molecular weight excluding hydrogens is 318 g/mol. The number of benzene rings is 1. The lowest BCUT2D eigenvalue weighted by Crippen LogP contribution is -2.40. The summed E-state index contributed by atoms with van der Waals surface area (Å²) in [5.74, 6) is -0.247. The van der Waals surface area contributed by atoms with Gasteiger partial charge in [0, 0.05) is 19.2 Å². The van der Waals surface area contributed by atoms with Crippen molar-refractivity contribution in [2.24, 2.45) is 7.05 Å². The molecule has 0 radical (unpaired) electrons. The molecule has 4 rings (SSSR count). The molecule has 1 N–H and O–H groups in total. The summed E-state index contributed by atoms with van der Waals surface area (Å²) in [6.07, 6.45) is 3.61. The molecule has 0 fully saturated rings. The summed E-state index contributed by atoms with van der Waals surface area (Å²) in [7, 11) is 1.65. The van der Waals surface area contributed by atoms with Crippen LogP contribution in [0.15, 0.2) is 41.3 Å². The Hall–Kier alpha value is -3.09. The van der Waals surface area contributed by atoms with Gasteiger partial charge in [-0.1, -0.05) is 12.1 Å². The molecule has 1 aliphatic rings. The van der Waals surface area contributed by atoms with E-state index in [2.05, 4.69) is 20.4 Å². The quantitative estimate of drug-likeness (QED) is 0.755. The van der Waals surface area contributed by atoms with Crippen LogP contribution in [0.4, 0.5) is 0 Å². The van der Waals surface area contributed by atoms with Gasteiger partial charge in [0.2, 0.25) is 0 Å². The number of carbonyl (C=O) groups excluding carboxylic acids is 1. The standard InChI is InChI=1S/C18H17N5O2/c1-23-17(24)9-11-8-12(6-7-13(11)22-23)20-18(25)16-10-19-14-4-2-3-5-15(14)21-16/h2-5,9-10,12H,6-8H2,1H3,(H,20,25). The average molecular weight is 335 g/mol. The van der Waals surface area contributed by atoms with Crippen molar-refractivity contribution in [3.8, 4) is 0 Å². The summed E-state index contributed by atoms with van der Waals surface area (Å²) in [4.78, 5) is 32.9. The zero-order chi connectivity index (χ0) is 17.4. The molecule has 0 saturated carbocycles. The van der Waals surface area contributed by atoms with E-state index in [-0.39, 0.29) is 17.5 Å². The molecular formula is C18H17N5O2. The summed E-state index contributed by atoms with van der Waals surface area (Å²) in [5.41, 5.74) is 3.45. The maximum absolute atomic E-state index is 12.5. The van der Waals surface area contributed by atoms with Crippen molar-refractivity contribution in [3.05, 3.63) is 63.8 Å². The maximum atomic E-state index is 12.5. The molecule has 3 aromatic rings. The first-order valence-corrected chi connectivity index (χ1v) is 8.19. The first-order valence-electron chi connectivity index (χ1n) is 8.19. The summed E-state index contributed by atoms with van der Waals surface area (Å²) < 4.78 is 1.35. The second kappa shape index (κ2) is 6.08. The highest BCUT2D eigenvalue weighted by Crippen LogP contribution is 2.18. The van der Waals surface area contributed by atoms with E-state index in [0.29, 0.717) is 17.6 Å². The Balaban J connectivity index is 1.52. The van der Waals surface area contributed by atoms with Gasteiger partial charge in [-0.2, -0.15) is 5.10 Å². The van der Waals surface area contributed by atoms with Gasteiger partial charge < -0.3 is 5.32 Å². The van der Waals surface area contributed by atoms with Crippen molar-refractivity contribution in [2.75, 3.05) is 0 Å². The van der Waals surface area contributed by atoms with E-state index in [4.69, 9.17) is 0 Å². The molecule has 0 saturated heterocycles. The fourth-order valence-electron chi connectivity index (χ4n) is 3.14. The van der Waals surface area contributed by atoms with Gasteiger partial charge in [0.25, 0.3) is 11.5 Å². The van der Waals surface area contributed by atoms with Gasteiger partial charge in [-0.3, -0.25) is 14.6 Å². The molecule has 2 aromatic heterocycles. The van der Waals surface area contributed by atoms with Gasteiger partial charge in [-0.15, -0.1) is 0 Å². The first kappa shape index (κ1) is 15.4. The van der Waals surface area contributed by atoms with Crippen LogP contribution in [0.5, 0.6) is 0 Å². The SMILES string of the molecule is Cn1nc2c(cc1=O)CC(NC(=O)c1cnc3ccccc3n1)CC2. The molecule has 1 amide bonds. The molecule has 0 bridgehead atoms. The predicted molar refractivity (Wildman–Crippen MR) is 92.3 cm³/mol. The molecule has 1 aliphatic carbocycles. The number of carbonyl (C=O) groups is 1. The number of hydrogen-bond acceptors (Lipinski definition) is 5. The van der Waals surface area contributed by atoms with E-state index in [1.165, 1.54) is 10.9 Å². The maximum Gasteiger partial charge on any atom is 0.271 e. The second-order valence-corrected chi connectivity index (χ2v) is 6.24. The molecule has 7 heteroatoms. The Kier molecular flexibility index (Phi) is 3.76. The van der Waals surface area contributed by atoms with Gasteiger partial charge in [0.05, 0.1) is 22.9 Å². The number of amides is 1. The number of nitrogens with zero attached hydrogens (tertiary/aromatic N) is 4. The van der Waals surface area contributed by atoms with E-state index in [1.807, 2.05) is 24.3 Å². The molecule has 0 aliphatic heterocycles. The van der Waals surface area contributed by atoms with Crippen LogP contribution in [-0.4, -0.2) is 31.7 Å². The van der Waals surface area contributed by atoms with Crippen molar-refractivity contribution >= 4 is 16.9 Å². The molecule has 126 valence electrons. The monoisotopic (exact) mass is 335 g/mol. The van der Waals surface area contributed by atoms with E-state index in [1.54, 1.807) is 13.1 Å². The van der Waals surface area contributed by atoms with Crippen LogP contribution in [0.1, 0.15) is 28.2 Å². The van der Waals surface area contributed by atoms with Crippen molar-refractivity contribution < 1.29 is 4.79 Å². The van der Waals surface area contributed by atoms with Crippen LogP contribution in [-0.2, 0) is 19.9 Å². The van der Waals surface area contributed by atoms with E-state index < -0.39 is 0 Å². The van der Waals surface area contributed by atoms with Crippen LogP contribution in [0.25, 0.3) is 11.0 Å². The first-order chi connectivity index (χ1) is 12.1. The Morgan fingerprint density at radius 1 is 1.28 bits per heavy atom. The summed E-state index contributed by atoms with van der Waals surface area (Å²) in [5, 5.41) is 7.29. The van der Waals surface area contributed by atoms with Gasteiger partial charge in [-0.05, 0) is 37.0 Å². The molecule has 25 heavy (non-hydrogen) atoms. The lowest BCUT2D eigenvalue weighted by atomic mass is 9.92. The molecule has 2 heterocycles. The third-order valence-electron chi connectivity index (χ3n) is 4.47. The van der Waals surface area contributed by atoms with Crippen molar-refractivity contribution in [2.45, 2.75) is 25.3 Å². The number of aryl methyl sites for hydroxylation is 2. The number of fused-ring (bicyclic) bond motifs is 2. The van der Waals surface area contributed by atoms with Crippen LogP contribution in [0.2, 0.25) is 0 Å². The van der Waals surface area contributed by atoms with Gasteiger partial charge in [0.1, 0.15) is 5.69 Å². The van der Waals surface area contributed by atoms with Gasteiger partial charge in [0.15, 0.2) is 0 Å². The number of aromatic nitrogens is 4. The number of rotatable bonds is 2. The van der Waals surface area contributed by atoms with Crippen LogP contribution in [0.3, 0.4) is 0 Å². The number of hydrogen-bond donors (Lipinski definition) is 1. The Bertz CT molecular complexity index is 1030. The third kappa shape index (κ3) is 3.00. The number of para-hydroxylation sites is 2. The summed E-state index contributed by atoms with van der Waals surface area (Å²) >= 11 is 0. The van der Waals surface area contributed by atoms with Gasteiger partial charge in [-0.25, -0.2) is 9.67 Å². The topological polar surface area (TPSA) is 89.8 Å². The minimum atomic E-state index is -0.247. The van der Waals surface area contributed by atoms with Crippen LogP contribution >= 0.6 is 0 Å². The smallest absolute Gasteiger partial charge is 0.271 e. The molecule has 1 aromatic carbocycles. The number of nitrogens with one attached hydrogen (secondary N) is 1. The van der Waals surface area contributed by atoms with Crippen molar-refractivity contribution in [1.29, 1.82) is 0 Å². The van der Waals surface area contributed by atoms with E-state index >= 15 is 0 Å². The molecule has 0 spiro atoms. The summed E-state index contributed by atoms with van der Waals surface area (Å²) in [6, 6.07) is 9.00. The van der Waals surface area contributed by atoms with Crippen LogP contribution in [0, 0.1) is 0 Å². The lowest BCUT2D eigenvalue weighted by Gasteiger charge is -2.24. The van der Waals surface area contributed by atoms with Crippen molar-refractivity contribution in [3.63, 3.8) is 0 Å². The molecule has 1 atom stereocenters. The largest absolute Gasteiger partial charge is 0.348 e. The van der Waals surface area contributed by atoms with Crippen LogP contribution < -0.4 is 10.9 Å². The highest BCUT2D eigenvalue weighted by Gasteiger charge is 2.23.